The van der Waals surface area contributed by atoms with Crippen LogP contribution in [0.2, 0.25) is 0 Å². The van der Waals surface area contributed by atoms with Gasteiger partial charge in [-0.05, 0) is 106 Å². The second-order valence-electron chi connectivity index (χ2n) is 16.2. The first-order valence-electron chi connectivity index (χ1n) is 20.6. The molecule has 0 bridgehead atoms. The van der Waals surface area contributed by atoms with Crippen LogP contribution in [0.15, 0.2) is 194 Å². The second kappa shape index (κ2) is 15.1. The molecule has 0 radical (unpaired) electrons. The minimum atomic E-state index is -0.203. The number of hydrogen-bond donors (Lipinski definition) is 0. The normalized spacial score (nSPS) is 12.5. The Balaban J connectivity index is 1.13. The van der Waals surface area contributed by atoms with Crippen molar-refractivity contribution in [2.24, 2.45) is 0 Å². The molecule has 0 saturated carbocycles. The highest BCUT2D eigenvalue weighted by Crippen LogP contribution is 2.54. The smallest absolute Gasteiger partial charge is 0.164 e. The van der Waals surface area contributed by atoms with Crippen molar-refractivity contribution in [3.63, 3.8) is 0 Å². The average molecular weight is 773 g/mol. The van der Waals surface area contributed by atoms with Crippen LogP contribution in [-0.2, 0) is 5.41 Å². The molecule has 60 heavy (non-hydrogen) atoms. The number of fused-ring (bicyclic) bond motifs is 3. The SMILES string of the molecule is Cc1ccc(-c2nc(-c3ccccc3)nc(-c3ccccc3)n2)cc1-c1cc(N(c2ccc(-c3ccccc3)cc2)c2cccc3c2C(C)(C)c2ccccc2-3)ccc1C. The van der Waals surface area contributed by atoms with Crippen molar-refractivity contribution in [3.8, 4) is 67.5 Å². The fraction of sp³-hybridized carbons (Fsp3) is 0.0893. The molecule has 9 aromatic rings. The first kappa shape index (κ1) is 36.9. The quantitative estimate of drug-likeness (QED) is 0.154. The molecule has 10 rings (SSSR count). The summed E-state index contributed by atoms with van der Waals surface area (Å²) >= 11 is 0. The minimum Gasteiger partial charge on any atom is -0.310 e. The van der Waals surface area contributed by atoms with Gasteiger partial charge in [-0.3, -0.25) is 0 Å². The standard InChI is InChI=1S/C56H44N4/c1-37-27-29-43(55-58-53(41-19-10-6-11-20-41)57-54(59-55)42-21-12-7-13-22-42)35-48(37)49-36-45(32-28-38(49)2)60(44-33-30-40(31-34-44)39-17-8-5-9-18-39)51-26-16-24-47-46-23-14-15-25-50(46)56(3,4)52(47)51/h5-36H,1-4H3. The van der Waals surface area contributed by atoms with E-state index in [4.69, 9.17) is 15.0 Å². The van der Waals surface area contributed by atoms with Crippen molar-refractivity contribution in [1.29, 1.82) is 0 Å². The zero-order valence-electron chi connectivity index (χ0n) is 34.3. The van der Waals surface area contributed by atoms with Gasteiger partial charge < -0.3 is 4.90 Å². The van der Waals surface area contributed by atoms with Gasteiger partial charge in [0.25, 0.3) is 0 Å². The molecule has 1 aliphatic carbocycles. The van der Waals surface area contributed by atoms with Gasteiger partial charge in [0.15, 0.2) is 17.5 Å². The van der Waals surface area contributed by atoms with Crippen LogP contribution in [0, 0.1) is 13.8 Å². The Bertz CT molecular complexity index is 2950. The van der Waals surface area contributed by atoms with Gasteiger partial charge in [0.05, 0.1) is 5.69 Å². The Morgan fingerprint density at radius 3 is 1.47 bits per heavy atom. The Morgan fingerprint density at radius 1 is 0.367 bits per heavy atom. The van der Waals surface area contributed by atoms with Crippen LogP contribution in [0.25, 0.3) is 67.5 Å². The van der Waals surface area contributed by atoms with E-state index < -0.39 is 0 Å². The van der Waals surface area contributed by atoms with Gasteiger partial charge in [-0.15, -0.1) is 0 Å². The lowest BCUT2D eigenvalue weighted by Crippen LogP contribution is -2.20. The molecular weight excluding hydrogens is 729 g/mol. The summed E-state index contributed by atoms with van der Waals surface area (Å²) in [5.74, 6) is 1.93. The molecule has 4 heteroatoms. The van der Waals surface area contributed by atoms with Gasteiger partial charge in [-0.1, -0.05) is 172 Å². The fourth-order valence-electron chi connectivity index (χ4n) is 8.89. The number of aryl methyl sites for hydroxylation is 2. The summed E-state index contributed by atoms with van der Waals surface area (Å²) in [5.41, 5.74) is 18.3. The summed E-state index contributed by atoms with van der Waals surface area (Å²) in [5, 5.41) is 0. The predicted molar refractivity (Wildman–Crippen MR) is 249 cm³/mol. The maximum Gasteiger partial charge on any atom is 0.164 e. The van der Waals surface area contributed by atoms with Gasteiger partial charge in [0, 0.05) is 33.5 Å². The van der Waals surface area contributed by atoms with Gasteiger partial charge in [0.1, 0.15) is 0 Å². The molecule has 0 amide bonds. The molecule has 1 aliphatic rings. The summed E-state index contributed by atoms with van der Waals surface area (Å²) in [6, 6.07) is 69.0. The summed E-state index contributed by atoms with van der Waals surface area (Å²) < 4.78 is 0. The molecule has 0 unspecified atom stereocenters. The zero-order valence-corrected chi connectivity index (χ0v) is 34.3. The van der Waals surface area contributed by atoms with E-state index in [-0.39, 0.29) is 5.41 Å². The van der Waals surface area contributed by atoms with Crippen LogP contribution in [0.3, 0.4) is 0 Å². The Morgan fingerprint density at radius 2 is 0.833 bits per heavy atom. The van der Waals surface area contributed by atoms with Crippen molar-refractivity contribution in [3.05, 3.63) is 216 Å². The molecule has 288 valence electrons. The van der Waals surface area contributed by atoms with Crippen LogP contribution in [-0.4, -0.2) is 15.0 Å². The van der Waals surface area contributed by atoms with Crippen molar-refractivity contribution in [2.45, 2.75) is 33.1 Å². The first-order chi connectivity index (χ1) is 29.3. The number of anilines is 3. The number of rotatable bonds is 8. The Hall–Kier alpha value is -7.43. The van der Waals surface area contributed by atoms with Gasteiger partial charge in [0.2, 0.25) is 0 Å². The van der Waals surface area contributed by atoms with Crippen LogP contribution >= 0.6 is 0 Å². The topological polar surface area (TPSA) is 41.9 Å². The largest absolute Gasteiger partial charge is 0.310 e. The van der Waals surface area contributed by atoms with Crippen molar-refractivity contribution in [2.75, 3.05) is 4.90 Å². The average Bonchev–Trinajstić information content (AvgIpc) is 3.54. The maximum atomic E-state index is 5.07. The monoisotopic (exact) mass is 772 g/mol. The highest BCUT2D eigenvalue weighted by Gasteiger charge is 2.38. The molecule has 0 N–H and O–H groups in total. The van der Waals surface area contributed by atoms with E-state index in [1.807, 2.05) is 60.7 Å². The van der Waals surface area contributed by atoms with Crippen molar-refractivity contribution in [1.82, 2.24) is 15.0 Å². The molecule has 0 atom stereocenters. The van der Waals surface area contributed by atoms with E-state index in [2.05, 4.69) is 166 Å². The second-order valence-corrected chi connectivity index (χ2v) is 16.2. The van der Waals surface area contributed by atoms with Crippen LogP contribution in [0.1, 0.15) is 36.1 Å². The molecule has 1 heterocycles. The number of aromatic nitrogens is 3. The fourth-order valence-corrected chi connectivity index (χ4v) is 8.89. The summed E-state index contributed by atoms with van der Waals surface area (Å²) in [4.78, 5) is 17.5. The number of benzene rings is 8. The maximum absolute atomic E-state index is 5.07. The van der Waals surface area contributed by atoms with E-state index in [0.29, 0.717) is 17.5 Å². The van der Waals surface area contributed by atoms with Crippen LogP contribution < -0.4 is 4.90 Å². The molecule has 8 aromatic carbocycles. The number of hydrogen-bond acceptors (Lipinski definition) is 4. The molecule has 0 fully saturated rings. The predicted octanol–water partition coefficient (Wildman–Crippen LogP) is 14.6. The lowest BCUT2D eigenvalue weighted by Gasteiger charge is -2.32. The van der Waals surface area contributed by atoms with E-state index in [0.717, 1.165) is 39.2 Å². The third kappa shape index (κ3) is 6.57. The molecule has 0 spiro atoms. The lowest BCUT2D eigenvalue weighted by molar-refractivity contribution is 0.661. The lowest BCUT2D eigenvalue weighted by atomic mass is 9.81. The molecular formula is C56H44N4. The van der Waals surface area contributed by atoms with E-state index in [1.165, 1.54) is 50.2 Å². The highest BCUT2D eigenvalue weighted by atomic mass is 15.1. The Kier molecular flexibility index (Phi) is 9.26. The molecule has 0 saturated heterocycles. The van der Waals surface area contributed by atoms with Crippen LogP contribution in [0.4, 0.5) is 17.1 Å². The van der Waals surface area contributed by atoms with Gasteiger partial charge in [-0.25, -0.2) is 15.0 Å². The van der Waals surface area contributed by atoms with Crippen molar-refractivity contribution < 1.29 is 0 Å². The van der Waals surface area contributed by atoms with Gasteiger partial charge in [-0.2, -0.15) is 0 Å². The first-order valence-corrected chi connectivity index (χ1v) is 20.6. The summed E-state index contributed by atoms with van der Waals surface area (Å²) in [6.45, 7) is 9.11. The van der Waals surface area contributed by atoms with Crippen molar-refractivity contribution >= 4 is 17.1 Å². The third-order valence-corrected chi connectivity index (χ3v) is 12.0. The highest BCUT2D eigenvalue weighted by molar-refractivity contribution is 5.92. The molecule has 4 nitrogen and oxygen atoms in total. The van der Waals surface area contributed by atoms with E-state index in [9.17, 15) is 0 Å². The third-order valence-electron chi connectivity index (χ3n) is 12.0. The molecule has 1 aromatic heterocycles. The molecule has 0 aliphatic heterocycles. The summed E-state index contributed by atoms with van der Waals surface area (Å²) in [7, 11) is 0. The van der Waals surface area contributed by atoms with E-state index in [1.54, 1.807) is 0 Å². The van der Waals surface area contributed by atoms with Crippen LogP contribution in [0.5, 0.6) is 0 Å². The Labute approximate surface area is 352 Å². The number of nitrogens with zero attached hydrogens (tertiary/aromatic N) is 4. The van der Waals surface area contributed by atoms with Gasteiger partial charge >= 0.3 is 0 Å². The summed E-state index contributed by atoms with van der Waals surface area (Å²) in [6.07, 6.45) is 0. The zero-order chi connectivity index (χ0) is 40.8. The van der Waals surface area contributed by atoms with E-state index >= 15 is 0 Å². The minimum absolute atomic E-state index is 0.203.